The first-order valence-corrected chi connectivity index (χ1v) is 11.2. The molecule has 8 nitrogen and oxygen atoms in total. The van der Waals surface area contributed by atoms with Gasteiger partial charge in [0, 0.05) is 13.0 Å². The number of rotatable bonds is 5. The third-order valence-corrected chi connectivity index (χ3v) is 8.57. The number of benzene rings is 1. The lowest BCUT2D eigenvalue weighted by atomic mass is 9.55. The van der Waals surface area contributed by atoms with Gasteiger partial charge < -0.3 is 9.47 Å². The number of hydrogen-bond acceptors (Lipinski definition) is 8. The van der Waals surface area contributed by atoms with Crippen LogP contribution in [0.5, 0.6) is 0 Å². The van der Waals surface area contributed by atoms with Crippen LogP contribution < -0.4 is 0 Å². The minimum absolute atomic E-state index is 0.0120. The van der Waals surface area contributed by atoms with Gasteiger partial charge in [-0.15, -0.1) is 0 Å². The van der Waals surface area contributed by atoms with E-state index in [2.05, 4.69) is 0 Å². The van der Waals surface area contributed by atoms with Crippen molar-refractivity contribution in [3.8, 4) is 0 Å². The maximum absolute atomic E-state index is 13.1. The topological polar surface area (TPSA) is 105 Å². The summed E-state index contributed by atoms with van der Waals surface area (Å²) in [5.41, 5.74) is -3.95. The van der Waals surface area contributed by atoms with E-state index in [-0.39, 0.29) is 17.7 Å². The number of carbonyl (C=O) groups excluding carboxylic acids is 2. The summed E-state index contributed by atoms with van der Waals surface area (Å²) < 4.78 is 37.3. The van der Waals surface area contributed by atoms with E-state index in [0.29, 0.717) is 13.0 Å². The molecule has 0 aromatic heterocycles. The fourth-order valence-corrected chi connectivity index (χ4v) is 6.63. The van der Waals surface area contributed by atoms with Crippen LogP contribution in [0.2, 0.25) is 0 Å². The highest BCUT2D eigenvalue weighted by molar-refractivity contribution is 7.91. The van der Waals surface area contributed by atoms with Crippen LogP contribution in [0, 0.1) is 5.41 Å². The highest BCUT2D eigenvalue weighted by Gasteiger charge is 2.77. The van der Waals surface area contributed by atoms with Gasteiger partial charge >= 0.3 is 5.97 Å². The van der Waals surface area contributed by atoms with Crippen molar-refractivity contribution in [2.45, 2.75) is 61.9 Å². The Morgan fingerprint density at radius 2 is 1.76 bits per heavy atom. The highest BCUT2D eigenvalue weighted by Crippen LogP contribution is 2.62. The van der Waals surface area contributed by atoms with Gasteiger partial charge in [-0.05, 0) is 45.7 Å². The van der Waals surface area contributed by atoms with E-state index < -0.39 is 49.7 Å². The summed E-state index contributed by atoms with van der Waals surface area (Å²) in [6.07, 6.45) is 0.565. The third-order valence-electron chi connectivity index (χ3n) is 6.65. The lowest BCUT2D eigenvalue weighted by molar-refractivity contribution is -0.539. The molecule has 3 fully saturated rings. The summed E-state index contributed by atoms with van der Waals surface area (Å²) in [7, 11) is -3.82. The Balaban J connectivity index is 1.77. The third kappa shape index (κ3) is 2.71. The molecule has 0 unspecified atom stereocenters. The molecule has 9 heteroatoms. The Morgan fingerprint density at radius 3 is 2.41 bits per heavy atom. The first-order chi connectivity index (χ1) is 13.5. The molecule has 2 saturated heterocycles. The van der Waals surface area contributed by atoms with Crippen LogP contribution in [0.4, 0.5) is 0 Å². The van der Waals surface area contributed by atoms with Crippen molar-refractivity contribution in [1.82, 2.24) is 0 Å². The van der Waals surface area contributed by atoms with Crippen molar-refractivity contribution in [2.24, 2.45) is 5.41 Å². The lowest BCUT2D eigenvalue weighted by Gasteiger charge is -2.63. The van der Waals surface area contributed by atoms with Crippen LogP contribution >= 0.6 is 0 Å². The number of sulfone groups is 1. The Morgan fingerprint density at radius 1 is 1.07 bits per heavy atom. The molecular formula is C20H24O8S. The van der Waals surface area contributed by atoms with E-state index >= 15 is 0 Å². The average Bonchev–Trinajstić information content (AvgIpc) is 2.67. The molecule has 158 valence electrons. The van der Waals surface area contributed by atoms with E-state index in [1.165, 1.54) is 19.1 Å². The largest absolute Gasteiger partial charge is 0.421 e. The molecule has 1 aliphatic carbocycles. The maximum atomic E-state index is 13.1. The summed E-state index contributed by atoms with van der Waals surface area (Å²) >= 11 is 0. The summed E-state index contributed by atoms with van der Waals surface area (Å²) in [5.74, 6) is -3.93. The fraction of sp³-hybridized carbons (Fsp3) is 0.600. The Hall–Kier alpha value is -1.81. The van der Waals surface area contributed by atoms with Gasteiger partial charge in [0.2, 0.25) is 5.78 Å². The average molecular weight is 424 g/mol. The van der Waals surface area contributed by atoms with Crippen LogP contribution in [-0.2, 0) is 38.7 Å². The predicted molar refractivity (Wildman–Crippen MR) is 99.2 cm³/mol. The van der Waals surface area contributed by atoms with Gasteiger partial charge in [-0.1, -0.05) is 18.2 Å². The molecule has 2 aliphatic heterocycles. The number of hydrogen-bond donors (Lipinski definition) is 0. The van der Waals surface area contributed by atoms with Crippen molar-refractivity contribution in [3.05, 3.63) is 30.3 Å². The normalized spacial score (nSPS) is 39.1. The van der Waals surface area contributed by atoms with E-state index in [4.69, 9.17) is 19.2 Å². The predicted octanol–water partition coefficient (Wildman–Crippen LogP) is 1.97. The monoisotopic (exact) mass is 424 g/mol. The van der Waals surface area contributed by atoms with Crippen molar-refractivity contribution >= 4 is 21.6 Å². The Bertz CT molecular complexity index is 960. The molecule has 0 N–H and O–H groups in total. The second kappa shape index (κ2) is 6.34. The zero-order chi connectivity index (χ0) is 21.1. The van der Waals surface area contributed by atoms with Gasteiger partial charge in [0.05, 0.1) is 16.1 Å². The quantitative estimate of drug-likeness (QED) is 0.401. The molecular weight excluding hydrogens is 400 g/mol. The molecule has 2 heterocycles. The summed E-state index contributed by atoms with van der Waals surface area (Å²) in [5, 5.41) is 0. The lowest BCUT2D eigenvalue weighted by Crippen LogP contribution is -2.78. The Kier molecular flexibility index (Phi) is 4.47. The highest BCUT2D eigenvalue weighted by atomic mass is 32.2. The Labute approximate surface area is 169 Å². The minimum atomic E-state index is -3.82. The van der Waals surface area contributed by atoms with Crippen LogP contribution in [-0.4, -0.2) is 49.5 Å². The molecule has 3 aliphatic rings. The van der Waals surface area contributed by atoms with E-state index in [1.54, 1.807) is 32.0 Å². The van der Waals surface area contributed by atoms with Crippen LogP contribution in [0.3, 0.4) is 0 Å². The van der Waals surface area contributed by atoms with Crippen molar-refractivity contribution in [1.29, 1.82) is 0 Å². The second-order valence-corrected chi connectivity index (χ2v) is 10.4. The standard InChI is InChI=1S/C20H24O8S/c1-4-25-17(2)10-11-19-12-20(17,26-16(22)15(19)21)28-27-18(19,3)13-29(23,24)14-8-6-5-7-9-14/h5-9H,4,10-13H2,1-3H3/t17-,18-,19+,20-/m1/s1. The molecule has 0 amide bonds. The molecule has 4 rings (SSSR count). The van der Waals surface area contributed by atoms with Crippen molar-refractivity contribution < 1.29 is 37.3 Å². The first kappa shape index (κ1) is 20.5. The number of ketones is 1. The van der Waals surface area contributed by atoms with E-state index in [1.807, 2.05) is 0 Å². The molecule has 1 aromatic rings. The molecule has 29 heavy (non-hydrogen) atoms. The van der Waals surface area contributed by atoms with Crippen molar-refractivity contribution in [3.63, 3.8) is 0 Å². The maximum Gasteiger partial charge on any atom is 0.378 e. The molecule has 1 saturated carbocycles. The first-order valence-electron chi connectivity index (χ1n) is 9.60. The summed E-state index contributed by atoms with van der Waals surface area (Å²) in [6, 6.07) is 7.91. The zero-order valence-electron chi connectivity index (χ0n) is 16.6. The minimum Gasteiger partial charge on any atom is -0.421 e. The number of esters is 1. The molecule has 0 spiro atoms. The van der Waals surface area contributed by atoms with E-state index in [9.17, 15) is 18.0 Å². The second-order valence-electron chi connectivity index (χ2n) is 8.36. The van der Waals surface area contributed by atoms with Crippen LogP contribution in [0.1, 0.15) is 40.0 Å². The van der Waals surface area contributed by atoms with Gasteiger partial charge in [0.15, 0.2) is 9.84 Å². The van der Waals surface area contributed by atoms with Crippen LogP contribution in [0.15, 0.2) is 35.2 Å². The van der Waals surface area contributed by atoms with Gasteiger partial charge in [0.25, 0.3) is 5.79 Å². The molecule has 4 atom stereocenters. The van der Waals surface area contributed by atoms with Gasteiger partial charge in [-0.3, -0.25) is 4.79 Å². The van der Waals surface area contributed by atoms with Gasteiger partial charge in [0.1, 0.15) is 11.2 Å². The smallest absolute Gasteiger partial charge is 0.378 e. The molecule has 0 radical (unpaired) electrons. The van der Waals surface area contributed by atoms with E-state index in [0.717, 1.165) is 0 Å². The van der Waals surface area contributed by atoms with Crippen LogP contribution in [0.25, 0.3) is 0 Å². The summed E-state index contributed by atoms with van der Waals surface area (Å²) in [6.45, 7) is 5.41. The number of Topliss-reactive ketones (excluding diaryl/α,β-unsaturated/α-hetero) is 1. The van der Waals surface area contributed by atoms with Gasteiger partial charge in [-0.2, -0.15) is 4.89 Å². The summed E-state index contributed by atoms with van der Waals surface area (Å²) in [4.78, 5) is 36.9. The number of carbonyl (C=O) groups is 2. The zero-order valence-corrected chi connectivity index (χ0v) is 17.4. The molecule has 1 aromatic carbocycles. The SMILES string of the molecule is CCO[C@]1(C)CC[C@@]23C[C@]1(OO[C@]2(C)CS(=O)(=O)c1ccccc1)OC(=O)C3=O. The van der Waals surface area contributed by atoms with Crippen molar-refractivity contribution in [2.75, 3.05) is 12.4 Å². The fourth-order valence-electron chi connectivity index (χ4n) is 4.85. The number of ether oxygens (including phenoxy) is 2. The van der Waals surface area contributed by atoms with Gasteiger partial charge in [-0.25, -0.2) is 18.1 Å². The molecule has 2 bridgehead atoms.